The number of para-hydroxylation sites is 1. The van der Waals surface area contributed by atoms with Crippen molar-refractivity contribution in [2.75, 3.05) is 0 Å². The van der Waals surface area contributed by atoms with E-state index in [1.807, 2.05) is 60.7 Å². The lowest BCUT2D eigenvalue weighted by molar-refractivity contribution is -0.132. The average molecular weight is 386 g/mol. The zero-order valence-corrected chi connectivity index (χ0v) is 16.0. The summed E-state index contributed by atoms with van der Waals surface area (Å²) in [4.78, 5) is 23.4. The summed E-state index contributed by atoms with van der Waals surface area (Å²) in [6.07, 6.45) is 0. The van der Waals surface area contributed by atoms with Gasteiger partial charge >= 0.3 is 11.9 Å². The van der Waals surface area contributed by atoms with Crippen LogP contribution in [-0.2, 0) is 9.59 Å². The van der Waals surface area contributed by atoms with E-state index in [4.69, 9.17) is 14.6 Å². The van der Waals surface area contributed by atoms with Crippen LogP contribution in [0.4, 0.5) is 0 Å². The third-order valence-electron chi connectivity index (χ3n) is 4.31. The van der Waals surface area contributed by atoms with Gasteiger partial charge in [0, 0.05) is 19.4 Å². The molecule has 0 aliphatic carbocycles. The molecule has 1 aromatic heterocycles. The lowest BCUT2D eigenvalue weighted by Crippen LogP contribution is -2.06. The minimum Gasteiger partial charge on any atom is -0.426 e. The largest absolute Gasteiger partial charge is 0.426 e. The van der Waals surface area contributed by atoms with Crippen molar-refractivity contribution in [1.29, 1.82) is 0 Å². The first-order chi connectivity index (χ1) is 14.0. The molecule has 6 nitrogen and oxygen atoms in total. The Morgan fingerprint density at radius 2 is 1.31 bits per heavy atom. The summed E-state index contributed by atoms with van der Waals surface area (Å²) in [7, 11) is 0. The van der Waals surface area contributed by atoms with Gasteiger partial charge in [0.2, 0.25) is 0 Å². The van der Waals surface area contributed by atoms with E-state index >= 15 is 0 Å². The fraction of sp³-hybridized carbons (Fsp3) is 0.0870. The summed E-state index contributed by atoms with van der Waals surface area (Å²) < 4.78 is 12.6. The van der Waals surface area contributed by atoms with Crippen LogP contribution in [0.3, 0.4) is 0 Å². The number of carbonyl (C=O) groups excluding carboxylic acids is 2. The van der Waals surface area contributed by atoms with Gasteiger partial charge in [0.25, 0.3) is 0 Å². The molecule has 0 radical (unpaired) electrons. The Hall–Kier alpha value is -3.93. The number of fused-ring (bicyclic) bond motifs is 1. The second-order valence-electron chi connectivity index (χ2n) is 6.43. The summed E-state index contributed by atoms with van der Waals surface area (Å²) in [6, 6.07) is 22.3. The molecule has 0 N–H and O–H groups in total. The minimum absolute atomic E-state index is 0.335. The highest BCUT2D eigenvalue weighted by Crippen LogP contribution is 2.41. The number of carbonyl (C=O) groups is 2. The quantitative estimate of drug-likeness (QED) is 0.380. The van der Waals surface area contributed by atoms with Crippen LogP contribution in [0.2, 0.25) is 0 Å². The molecule has 0 spiro atoms. The third kappa shape index (κ3) is 3.60. The predicted molar refractivity (Wildman–Crippen MR) is 109 cm³/mol. The van der Waals surface area contributed by atoms with Crippen molar-refractivity contribution >= 4 is 22.8 Å². The van der Waals surface area contributed by atoms with Gasteiger partial charge in [0.1, 0.15) is 17.0 Å². The van der Waals surface area contributed by atoms with E-state index in [1.54, 1.807) is 16.8 Å². The molecular weight excluding hydrogens is 368 g/mol. The summed E-state index contributed by atoms with van der Waals surface area (Å²) in [5, 5.41) is 5.39. The molecule has 0 bridgehead atoms. The van der Waals surface area contributed by atoms with Crippen LogP contribution >= 0.6 is 0 Å². The molecule has 0 saturated carbocycles. The van der Waals surface area contributed by atoms with Crippen molar-refractivity contribution < 1.29 is 19.1 Å². The van der Waals surface area contributed by atoms with E-state index in [1.165, 1.54) is 13.8 Å². The molecule has 4 aromatic rings. The molecule has 4 rings (SSSR count). The normalized spacial score (nSPS) is 10.7. The highest BCUT2D eigenvalue weighted by atomic mass is 16.5. The second-order valence-corrected chi connectivity index (χ2v) is 6.43. The summed E-state index contributed by atoms with van der Waals surface area (Å²) in [6.45, 7) is 2.68. The van der Waals surface area contributed by atoms with Crippen LogP contribution in [0.25, 0.3) is 27.8 Å². The summed E-state index contributed by atoms with van der Waals surface area (Å²) in [5.41, 5.74) is 2.80. The van der Waals surface area contributed by atoms with E-state index < -0.39 is 11.9 Å². The Labute approximate surface area is 167 Å². The Morgan fingerprint density at radius 1 is 0.759 bits per heavy atom. The maximum Gasteiger partial charge on any atom is 0.308 e. The van der Waals surface area contributed by atoms with E-state index in [9.17, 15) is 9.59 Å². The number of esters is 2. The first-order valence-corrected chi connectivity index (χ1v) is 9.08. The molecule has 0 saturated heterocycles. The lowest BCUT2D eigenvalue weighted by atomic mass is 10.1. The maximum absolute atomic E-state index is 11.7. The Balaban J connectivity index is 2.11. The molecule has 0 atom stereocenters. The number of nitrogens with zero attached hydrogens (tertiary/aromatic N) is 2. The number of hydrogen-bond donors (Lipinski definition) is 0. The first-order valence-electron chi connectivity index (χ1n) is 9.08. The molecule has 0 fully saturated rings. The van der Waals surface area contributed by atoms with Gasteiger partial charge in [0.15, 0.2) is 5.75 Å². The summed E-state index contributed by atoms with van der Waals surface area (Å²) in [5.74, 6) is -0.210. The number of aromatic nitrogens is 2. The molecule has 0 aliphatic heterocycles. The Morgan fingerprint density at radius 3 is 1.93 bits per heavy atom. The van der Waals surface area contributed by atoms with Crippen LogP contribution in [0, 0.1) is 0 Å². The van der Waals surface area contributed by atoms with Gasteiger partial charge in [0.05, 0.1) is 11.1 Å². The monoisotopic (exact) mass is 386 g/mol. The zero-order valence-electron chi connectivity index (χ0n) is 16.0. The van der Waals surface area contributed by atoms with Gasteiger partial charge in [-0.1, -0.05) is 48.5 Å². The average Bonchev–Trinajstić information content (AvgIpc) is 3.12. The zero-order chi connectivity index (χ0) is 20.4. The van der Waals surface area contributed by atoms with Gasteiger partial charge in [-0.25, -0.2) is 4.68 Å². The van der Waals surface area contributed by atoms with Crippen molar-refractivity contribution in [1.82, 2.24) is 9.78 Å². The van der Waals surface area contributed by atoms with Crippen molar-refractivity contribution in [3.8, 4) is 28.4 Å². The smallest absolute Gasteiger partial charge is 0.308 e. The molecule has 144 valence electrons. The molecule has 0 unspecified atom stereocenters. The van der Waals surface area contributed by atoms with Crippen LogP contribution in [0.15, 0.2) is 72.8 Å². The fourth-order valence-corrected chi connectivity index (χ4v) is 3.22. The Bertz CT molecular complexity index is 1100. The highest BCUT2D eigenvalue weighted by Gasteiger charge is 2.23. The standard InChI is InChI=1S/C23H18N2O4/c1-15(26)28-19-13-14-20(29-16(2)27)23-21(19)22(17-9-5-3-6-10-17)24-25(23)18-11-7-4-8-12-18/h3-14H,1-2H3. The molecule has 3 aromatic carbocycles. The topological polar surface area (TPSA) is 70.4 Å². The number of benzene rings is 3. The van der Waals surface area contributed by atoms with Gasteiger partial charge in [-0.2, -0.15) is 5.10 Å². The van der Waals surface area contributed by atoms with E-state index in [0.717, 1.165) is 11.3 Å². The van der Waals surface area contributed by atoms with E-state index in [2.05, 4.69) is 0 Å². The second kappa shape index (κ2) is 7.59. The van der Waals surface area contributed by atoms with Crippen LogP contribution in [0.5, 0.6) is 11.5 Å². The molecule has 6 heteroatoms. The number of rotatable bonds is 4. The van der Waals surface area contributed by atoms with Crippen LogP contribution in [-0.4, -0.2) is 21.7 Å². The molecular formula is C23H18N2O4. The van der Waals surface area contributed by atoms with Gasteiger partial charge < -0.3 is 9.47 Å². The predicted octanol–water partition coefficient (Wildman–Crippen LogP) is 4.54. The van der Waals surface area contributed by atoms with E-state index in [-0.39, 0.29) is 0 Å². The van der Waals surface area contributed by atoms with Crippen LogP contribution < -0.4 is 9.47 Å². The van der Waals surface area contributed by atoms with Crippen molar-refractivity contribution in [3.63, 3.8) is 0 Å². The fourth-order valence-electron chi connectivity index (χ4n) is 3.22. The molecule has 1 heterocycles. The SMILES string of the molecule is CC(=O)Oc1ccc(OC(C)=O)c2c1c(-c1ccccc1)nn2-c1ccccc1. The third-order valence-corrected chi connectivity index (χ3v) is 4.31. The van der Waals surface area contributed by atoms with Crippen LogP contribution in [0.1, 0.15) is 13.8 Å². The first kappa shape index (κ1) is 18.4. The van der Waals surface area contributed by atoms with Crippen molar-refractivity contribution in [2.24, 2.45) is 0 Å². The lowest BCUT2D eigenvalue weighted by Gasteiger charge is -2.10. The van der Waals surface area contributed by atoms with Gasteiger partial charge in [-0.15, -0.1) is 0 Å². The molecule has 0 aliphatic rings. The van der Waals surface area contributed by atoms with Crippen molar-refractivity contribution in [3.05, 3.63) is 72.8 Å². The van der Waals surface area contributed by atoms with E-state index in [0.29, 0.717) is 28.1 Å². The number of ether oxygens (including phenoxy) is 2. The van der Waals surface area contributed by atoms with Gasteiger partial charge in [-0.3, -0.25) is 9.59 Å². The highest BCUT2D eigenvalue weighted by molar-refractivity contribution is 6.03. The molecule has 29 heavy (non-hydrogen) atoms. The molecule has 0 amide bonds. The van der Waals surface area contributed by atoms with Crippen molar-refractivity contribution in [2.45, 2.75) is 13.8 Å². The number of hydrogen-bond acceptors (Lipinski definition) is 5. The maximum atomic E-state index is 11.7. The Kier molecular flexibility index (Phi) is 4.83. The van der Waals surface area contributed by atoms with Gasteiger partial charge in [-0.05, 0) is 24.3 Å². The minimum atomic E-state index is -0.450. The summed E-state index contributed by atoms with van der Waals surface area (Å²) >= 11 is 0.